The second kappa shape index (κ2) is 19.7. The zero-order valence-electron chi connectivity index (χ0n) is 39.5. The molecule has 0 unspecified atom stereocenters. The Hall–Kier alpha value is -1.18. The highest BCUT2D eigenvalue weighted by atomic mass is 28.4. The molecule has 1 aliphatic heterocycles. The van der Waals surface area contributed by atoms with Gasteiger partial charge in [-0.25, -0.2) is 5.06 Å². The molecule has 1 aromatic carbocycles. The van der Waals surface area contributed by atoms with Gasteiger partial charge >= 0.3 is 0 Å². The number of carbonyl (C=O) groups is 1. The van der Waals surface area contributed by atoms with Gasteiger partial charge in [-0.3, -0.25) is 9.63 Å². The van der Waals surface area contributed by atoms with E-state index in [0.29, 0.717) is 13.2 Å². The van der Waals surface area contributed by atoms with Gasteiger partial charge in [0.25, 0.3) is 0 Å². The predicted molar refractivity (Wildman–Crippen MR) is 237 cm³/mol. The van der Waals surface area contributed by atoms with E-state index in [1.54, 1.807) is 7.11 Å². The van der Waals surface area contributed by atoms with Crippen molar-refractivity contribution in [2.45, 2.75) is 174 Å². The number of hydrogen-bond donors (Lipinski definition) is 2. The van der Waals surface area contributed by atoms with Gasteiger partial charge in [0.1, 0.15) is 11.4 Å². The Bertz CT molecular complexity index is 1410. The van der Waals surface area contributed by atoms with E-state index >= 15 is 0 Å². The number of hydroxylamine groups is 2. The van der Waals surface area contributed by atoms with E-state index < -0.39 is 66.6 Å². The van der Waals surface area contributed by atoms with Gasteiger partial charge in [-0.2, -0.15) is 0 Å². The monoisotopic (exact) mass is 858 g/mol. The SMILES string of the molecule is COc1ccc(COC[C@H](C)[C@H]2O[C@@]2(C)[C@@H](O[Si](C)(C)C(C)(C)C)[C@@H](CO[Si](C)(C)C(C)(C)C)[C@H](O)[C@H](CO[Si](C)(C)C(C)(C)C)[C@@H](O)CC(=O)N(C)OC)cc1. The van der Waals surface area contributed by atoms with Crippen molar-refractivity contribution in [2.24, 2.45) is 17.8 Å². The smallest absolute Gasteiger partial charge is 0.248 e. The van der Waals surface area contributed by atoms with Crippen LogP contribution in [0.2, 0.25) is 54.4 Å². The van der Waals surface area contributed by atoms with Gasteiger partial charge in [0.15, 0.2) is 25.0 Å². The Labute approximate surface area is 350 Å². The number of rotatable bonds is 22. The summed E-state index contributed by atoms with van der Waals surface area (Å²) in [5.41, 5.74) is 0.246. The fourth-order valence-corrected chi connectivity index (χ4v) is 9.65. The summed E-state index contributed by atoms with van der Waals surface area (Å²) in [7, 11) is -2.66. The molecular formula is C43H83NO10Si3. The summed E-state index contributed by atoms with van der Waals surface area (Å²) in [4.78, 5) is 18.4. The van der Waals surface area contributed by atoms with Crippen LogP contribution in [0.15, 0.2) is 24.3 Å². The molecule has 2 rings (SSSR count). The lowest BCUT2D eigenvalue weighted by Crippen LogP contribution is -2.58. The third kappa shape index (κ3) is 13.7. The van der Waals surface area contributed by atoms with E-state index in [4.69, 9.17) is 32.3 Å². The molecule has 11 nitrogen and oxygen atoms in total. The number of ether oxygens (including phenoxy) is 3. The second-order valence-corrected chi connectivity index (χ2v) is 35.5. The maximum absolute atomic E-state index is 13.2. The molecule has 0 saturated carbocycles. The van der Waals surface area contributed by atoms with Gasteiger partial charge in [0.2, 0.25) is 5.91 Å². The van der Waals surface area contributed by atoms with Crippen molar-refractivity contribution in [3.8, 4) is 5.75 Å². The first-order valence-electron chi connectivity index (χ1n) is 20.8. The summed E-state index contributed by atoms with van der Waals surface area (Å²) in [5, 5.41) is 25.6. The molecule has 1 heterocycles. The molecule has 0 radical (unpaired) electrons. The minimum atomic E-state index is -2.52. The first-order valence-corrected chi connectivity index (χ1v) is 29.5. The average molecular weight is 858 g/mol. The molecule has 1 fully saturated rings. The molecule has 0 spiro atoms. The fraction of sp³-hybridized carbons (Fsp3) is 0.837. The number of methoxy groups -OCH3 is 1. The van der Waals surface area contributed by atoms with Gasteiger partial charge in [-0.15, -0.1) is 0 Å². The molecule has 1 aliphatic rings. The Morgan fingerprint density at radius 3 is 1.72 bits per heavy atom. The van der Waals surface area contributed by atoms with Crippen LogP contribution in [0.3, 0.4) is 0 Å². The quantitative estimate of drug-likeness (QED) is 0.0664. The molecule has 14 heteroatoms. The summed E-state index contributed by atoms with van der Waals surface area (Å²) in [5.74, 6) is -1.10. The van der Waals surface area contributed by atoms with E-state index in [1.165, 1.54) is 14.2 Å². The molecule has 1 amide bonds. The van der Waals surface area contributed by atoms with E-state index in [-0.39, 0.29) is 46.8 Å². The first-order chi connectivity index (χ1) is 25.8. The van der Waals surface area contributed by atoms with E-state index in [2.05, 4.69) is 115 Å². The van der Waals surface area contributed by atoms with Crippen LogP contribution in [0.25, 0.3) is 0 Å². The normalized spacial score (nSPS) is 21.7. The van der Waals surface area contributed by atoms with Crippen LogP contribution in [-0.4, -0.2) is 117 Å². The zero-order valence-corrected chi connectivity index (χ0v) is 42.5. The minimum absolute atomic E-state index is 0.00312. The third-order valence-corrected chi connectivity index (χ3v) is 27.1. The molecule has 8 atom stereocenters. The molecule has 57 heavy (non-hydrogen) atoms. The molecule has 2 N–H and O–H groups in total. The maximum Gasteiger partial charge on any atom is 0.248 e. The Morgan fingerprint density at radius 2 is 1.28 bits per heavy atom. The molecule has 1 saturated heterocycles. The molecule has 1 aromatic rings. The van der Waals surface area contributed by atoms with Crippen molar-refractivity contribution in [1.29, 1.82) is 0 Å². The summed E-state index contributed by atoms with van der Waals surface area (Å²) < 4.78 is 39.5. The molecule has 0 aliphatic carbocycles. The van der Waals surface area contributed by atoms with Crippen molar-refractivity contribution >= 4 is 30.9 Å². The van der Waals surface area contributed by atoms with Crippen LogP contribution in [0.1, 0.15) is 88.1 Å². The largest absolute Gasteiger partial charge is 0.497 e. The van der Waals surface area contributed by atoms with Crippen LogP contribution >= 0.6 is 0 Å². The van der Waals surface area contributed by atoms with Crippen LogP contribution < -0.4 is 4.74 Å². The number of aliphatic hydroxyl groups excluding tert-OH is 2. The topological polar surface area (TPSA) is 129 Å². The minimum Gasteiger partial charge on any atom is -0.497 e. The number of nitrogens with zero attached hydrogens (tertiary/aromatic N) is 1. The first kappa shape index (κ1) is 52.0. The second-order valence-electron chi connectivity index (χ2n) is 21.2. The Kier molecular flexibility index (Phi) is 17.9. The molecular weight excluding hydrogens is 775 g/mol. The van der Waals surface area contributed by atoms with E-state index in [9.17, 15) is 15.0 Å². The van der Waals surface area contributed by atoms with Gasteiger partial charge in [-0.1, -0.05) is 81.4 Å². The number of amides is 1. The van der Waals surface area contributed by atoms with Crippen LogP contribution in [0.5, 0.6) is 5.75 Å². The lowest BCUT2D eigenvalue weighted by molar-refractivity contribution is -0.173. The average Bonchev–Trinajstić information content (AvgIpc) is 3.78. The zero-order chi connectivity index (χ0) is 44.2. The number of hydrogen-bond acceptors (Lipinski definition) is 10. The van der Waals surface area contributed by atoms with E-state index in [1.807, 2.05) is 24.3 Å². The van der Waals surface area contributed by atoms with Crippen molar-refractivity contribution < 1.29 is 47.3 Å². The van der Waals surface area contributed by atoms with Crippen LogP contribution in [-0.2, 0) is 39.0 Å². The summed E-state index contributed by atoms with van der Waals surface area (Å²) in [6.45, 7) is 38.2. The lowest BCUT2D eigenvalue weighted by Gasteiger charge is -2.47. The van der Waals surface area contributed by atoms with Crippen LogP contribution in [0.4, 0.5) is 0 Å². The summed E-state index contributed by atoms with van der Waals surface area (Å²) in [6, 6.07) is 7.85. The third-order valence-electron chi connectivity index (χ3n) is 13.7. The van der Waals surface area contributed by atoms with Crippen LogP contribution in [0, 0.1) is 17.8 Å². The fourth-order valence-electron chi connectivity index (χ4n) is 6.17. The van der Waals surface area contributed by atoms with Crippen molar-refractivity contribution in [1.82, 2.24) is 5.06 Å². The highest BCUT2D eigenvalue weighted by molar-refractivity contribution is 6.75. The highest BCUT2D eigenvalue weighted by Crippen LogP contribution is 2.52. The number of epoxide rings is 1. The molecule has 0 bridgehead atoms. The number of carbonyl (C=O) groups excluding carboxylic acids is 1. The highest BCUT2D eigenvalue weighted by Gasteiger charge is 2.65. The standard InChI is InChI=1S/C43H83NO10Si3/c1-30(26-50-27-31-21-23-32(48-13)24-22-31)38-43(11,53-38)39(54-57(19,20)42(8,9)10)34(29-52-56(17,18)41(5,6)7)37(47)33(28-51-55(15,16)40(2,3)4)35(45)25-36(46)44(12)49-14/h21-24,30,33-35,37-39,45,47H,25-29H2,1-20H3/t30-,33+,34-,35-,37+,38+,39-,43+/m0/s1. The number of benzene rings is 1. The van der Waals surface area contributed by atoms with Gasteiger partial charge < -0.3 is 37.7 Å². The summed E-state index contributed by atoms with van der Waals surface area (Å²) >= 11 is 0. The predicted octanol–water partition coefficient (Wildman–Crippen LogP) is 8.80. The summed E-state index contributed by atoms with van der Waals surface area (Å²) in [6.07, 6.45) is -3.53. The Balaban J connectivity index is 2.68. The van der Waals surface area contributed by atoms with Gasteiger partial charge in [-0.05, 0) is 79.0 Å². The lowest BCUT2D eigenvalue weighted by atomic mass is 9.78. The van der Waals surface area contributed by atoms with Crippen molar-refractivity contribution in [3.63, 3.8) is 0 Å². The molecule has 332 valence electrons. The van der Waals surface area contributed by atoms with Gasteiger partial charge in [0.05, 0.1) is 58.3 Å². The Morgan fingerprint density at radius 1 is 0.807 bits per heavy atom. The maximum atomic E-state index is 13.2. The van der Waals surface area contributed by atoms with Crippen molar-refractivity contribution in [3.05, 3.63) is 29.8 Å². The number of aliphatic hydroxyl groups is 2. The van der Waals surface area contributed by atoms with E-state index in [0.717, 1.165) is 16.4 Å². The van der Waals surface area contributed by atoms with Gasteiger partial charge in [0, 0.05) is 38.0 Å². The molecule has 0 aromatic heterocycles. The van der Waals surface area contributed by atoms with Crippen molar-refractivity contribution in [2.75, 3.05) is 41.1 Å².